The summed E-state index contributed by atoms with van der Waals surface area (Å²) in [7, 11) is 0. The lowest BCUT2D eigenvalue weighted by Gasteiger charge is -2.09. The molecule has 10 nitrogen and oxygen atoms in total. The molecule has 0 atom stereocenters. The number of nitrogens with zero attached hydrogens (tertiary/aromatic N) is 2. The predicted octanol–water partition coefficient (Wildman–Crippen LogP) is 5.43. The Kier molecular flexibility index (Phi) is 9.46. The highest BCUT2D eigenvalue weighted by Crippen LogP contribution is 2.23. The van der Waals surface area contributed by atoms with Crippen molar-refractivity contribution in [3.8, 4) is 0 Å². The smallest absolute Gasteiger partial charge is 0.271 e. The Balaban J connectivity index is 1.63. The van der Waals surface area contributed by atoms with Gasteiger partial charge in [-0.3, -0.25) is 29.8 Å². The molecule has 176 valence electrons. The third-order valence-electron chi connectivity index (χ3n) is 5.22. The molecular formula is C23H28N4O6. The molecule has 0 saturated heterocycles. The van der Waals surface area contributed by atoms with Crippen LogP contribution in [-0.4, -0.2) is 21.7 Å². The number of nitrogens with one attached hydrogen (secondary N) is 2. The number of hydrogen-bond donors (Lipinski definition) is 2. The standard InChI is InChI=1S/C23H28N4O6/c1-16-10-12-18(26(30)31)14-20(16)24-22(28)8-6-4-3-5-7-9-23(29)25-21-15-19(27(32)33)13-11-17(21)2/h10-15H,3-9H2,1-2H3,(H,24,28)(H,25,29). The first-order chi connectivity index (χ1) is 15.7. The Morgan fingerprint density at radius 1 is 0.697 bits per heavy atom. The van der Waals surface area contributed by atoms with Gasteiger partial charge in [0.1, 0.15) is 0 Å². The second kappa shape index (κ2) is 12.3. The molecule has 2 N–H and O–H groups in total. The van der Waals surface area contributed by atoms with Crippen molar-refractivity contribution in [2.45, 2.75) is 58.8 Å². The van der Waals surface area contributed by atoms with E-state index in [-0.39, 0.29) is 23.2 Å². The average Bonchev–Trinajstić information content (AvgIpc) is 2.75. The van der Waals surface area contributed by atoms with Gasteiger partial charge in [-0.15, -0.1) is 0 Å². The Morgan fingerprint density at radius 3 is 1.42 bits per heavy atom. The van der Waals surface area contributed by atoms with Crippen LogP contribution in [0.25, 0.3) is 0 Å². The molecule has 2 aromatic rings. The number of aryl methyl sites for hydroxylation is 2. The van der Waals surface area contributed by atoms with Gasteiger partial charge >= 0.3 is 0 Å². The Bertz CT molecular complexity index is 956. The van der Waals surface area contributed by atoms with Crippen molar-refractivity contribution in [2.24, 2.45) is 0 Å². The summed E-state index contributed by atoms with van der Waals surface area (Å²) in [6.07, 6.45) is 4.51. The molecule has 0 aliphatic heterocycles. The molecule has 0 saturated carbocycles. The Labute approximate surface area is 191 Å². The maximum atomic E-state index is 12.1. The fourth-order valence-electron chi connectivity index (χ4n) is 3.24. The van der Waals surface area contributed by atoms with Gasteiger partial charge in [-0.05, 0) is 37.8 Å². The Morgan fingerprint density at radius 2 is 1.06 bits per heavy atom. The molecule has 0 aliphatic rings. The highest BCUT2D eigenvalue weighted by molar-refractivity contribution is 5.92. The SMILES string of the molecule is Cc1ccc([N+](=O)[O-])cc1NC(=O)CCCCCCCC(=O)Nc1cc([N+](=O)[O-])ccc1C. The van der Waals surface area contributed by atoms with E-state index in [1.54, 1.807) is 26.0 Å². The zero-order chi connectivity index (χ0) is 24.4. The van der Waals surface area contributed by atoms with Crippen LogP contribution in [0.4, 0.5) is 22.7 Å². The normalized spacial score (nSPS) is 10.5. The van der Waals surface area contributed by atoms with Crippen LogP contribution < -0.4 is 10.6 Å². The highest BCUT2D eigenvalue weighted by Gasteiger charge is 2.12. The minimum atomic E-state index is -0.500. The first-order valence-corrected chi connectivity index (χ1v) is 10.8. The lowest BCUT2D eigenvalue weighted by atomic mass is 10.1. The van der Waals surface area contributed by atoms with Gasteiger partial charge in [0.2, 0.25) is 11.8 Å². The third kappa shape index (κ3) is 8.32. The van der Waals surface area contributed by atoms with Gasteiger partial charge in [-0.25, -0.2) is 0 Å². The van der Waals surface area contributed by atoms with E-state index in [0.29, 0.717) is 37.1 Å². The number of amides is 2. The van der Waals surface area contributed by atoms with E-state index in [0.717, 1.165) is 30.4 Å². The molecule has 2 rings (SSSR count). The molecule has 33 heavy (non-hydrogen) atoms. The van der Waals surface area contributed by atoms with Gasteiger partial charge in [0.15, 0.2) is 0 Å². The summed E-state index contributed by atoms with van der Waals surface area (Å²) in [5, 5.41) is 27.2. The van der Waals surface area contributed by atoms with Gasteiger partial charge in [0, 0.05) is 37.1 Å². The van der Waals surface area contributed by atoms with Crippen molar-refractivity contribution in [3.63, 3.8) is 0 Å². The molecule has 0 spiro atoms. The molecule has 0 aromatic heterocycles. The second-order valence-corrected chi connectivity index (χ2v) is 7.88. The molecule has 0 radical (unpaired) electrons. The predicted molar refractivity (Wildman–Crippen MR) is 125 cm³/mol. The number of nitro benzene ring substituents is 2. The third-order valence-corrected chi connectivity index (χ3v) is 5.22. The number of hydrogen-bond acceptors (Lipinski definition) is 6. The topological polar surface area (TPSA) is 144 Å². The van der Waals surface area contributed by atoms with Crippen molar-refractivity contribution in [1.82, 2.24) is 0 Å². The molecule has 0 aliphatic carbocycles. The van der Waals surface area contributed by atoms with E-state index in [1.165, 1.54) is 24.3 Å². The van der Waals surface area contributed by atoms with Crippen LogP contribution in [0.2, 0.25) is 0 Å². The summed E-state index contributed by atoms with van der Waals surface area (Å²) in [5.74, 6) is -0.379. The fourth-order valence-corrected chi connectivity index (χ4v) is 3.24. The number of anilines is 2. The second-order valence-electron chi connectivity index (χ2n) is 7.88. The van der Waals surface area contributed by atoms with E-state index < -0.39 is 9.85 Å². The van der Waals surface area contributed by atoms with Crippen LogP contribution in [0.3, 0.4) is 0 Å². The van der Waals surface area contributed by atoms with Crippen LogP contribution >= 0.6 is 0 Å². The average molecular weight is 456 g/mol. The maximum Gasteiger partial charge on any atom is 0.271 e. The van der Waals surface area contributed by atoms with Crippen LogP contribution in [-0.2, 0) is 9.59 Å². The summed E-state index contributed by atoms with van der Waals surface area (Å²) in [4.78, 5) is 45.0. The number of nitro groups is 2. The molecule has 2 aromatic carbocycles. The van der Waals surface area contributed by atoms with Crippen LogP contribution in [0.5, 0.6) is 0 Å². The van der Waals surface area contributed by atoms with Gasteiger partial charge in [-0.1, -0.05) is 31.4 Å². The lowest BCUT2D eigenvalue weighted by molar-refractivity contribution is -0.385. The van der Waals surface area contributed by atoms with E-state index >= 15 is 0 Å². The molecule has 2 amide bonds. The summed E-state index contributed by atoms with van der Waals surface area (Å²) in [5.41, 5.74) is 2.26. The van der Waals surface area contributed by atoms with Crippen molar-refractivity contribution in [2.75, 3.05) is 10.6 Å². The number of non-ortho nitro benzene ring substituents is 2. The molecule has 10 heteroatoms. The van der Waals surface area contributed by atoms with Crippen molar-refractivity contribution in [1.29, 1.82) is 0 Å². The number of carbonyl (C=O) groups is 2. The van der Waals surface area contributed by atoms with Crippen molar-refractivity contribution < 1.29 is 19.4 Å². The van der Waals surface area contributed by atoms with Crippen LogP contribution in [0.15, 0.2) is 36.4 Å². The van der Waals surface area contributed by atoms with Gasteiger partial charge in [-0.2, -0.15) is 0 Å². The number of rotatable bonds is 12. The number of carbonyl (C=O) groups excluding carboxylic acids is 2. The summed E-state index contributed by atoms with van der Waals surface area (Å²) in [6.45, 7) is 3.55. The largest absolute Gasteiger partial charge is 0.326 e. The zero-order valence-corrected chi connectivity index (χ0v) is 18.8. The quantitative estimate of drug-likeness (QED) is 0.247. The highest BCUT2D eigenvalue weighted by atomic mass is 16.6. The summed E-state index contributed by atoms with van der Waals surface area (Å²) < 4.78 is 0. The zero-order valence-electron chi connectivity index (χ0n) is 18.8. The number of unbranched alkanes of at least 4 members (excludes halogenated alkanes) is 4. The van der Waals surface area contributed by atoms with E-state index in [9.17, 15) is 29.8 Å². The minimum absolute atomic E-state index is 0.0689. The van der Waals surface area contributed by atoms with Gasteiger partial charge < -0.3 is 10.6 Å². The summed E-state index contributed by atoms with van der Waals surface area (Å²) >= 11 is 0. The van der Waals surface area contributed by atoms with Gasteiger partial charge in [0.05, 0.1) is 21.2 Å². The minimum Gasteiger partial charge on any atom is -0.326 e. The number of benzene rings is 2. The lowest BCUT2D eigenvalue weighted by Crippen LogP contribution is -2.12. The Hall–Kier alpha value is -3.82. The van der Waals surface area contributed by atoms with E-state index in [2.05, 4.69) is 10.6 Å². The first kappa shape index (κ1) is 25.4. The van der Waals surface area contributed by atoms with Gasteiger partial charge in [0.25, 0.3) is 11.4 Å². The van der Waals surface area contributed by atoms with Crippen LogP contribution in [0, 0.1) is 34.1 Å². The molecule has 0 bridgehead atoms. The summed E-state index contributed by atoms with van der Waals surface area (Å²) in [6, 6.07) is 8.71. The fraction of sp³-hybridized carbons (Fsp3) is 0.391. The van der Waals surface area contributed by atoms with Crippen LogP contribution in [0.1, 0.15) is 56.1 Å². The van der Waals surface area contributed by atoms with E-state index in [1.807, 2.05) is 0 Å². The van der Waals surface area contributed by atoms with E-state index in [4.69, 9.17) is 0 Å². The van der Waals surface area contributed by atoms with Crippen molar-refractivity contribution >= 4 is 34.6 Å². The monoisotopic (exact) mass is 456 g/mol. The molecule has 0 fully saturated rings. The first-order valence-electron chi connectivity index (χ1n) is 10.8. The molecule has 0 heterocycles. The molecule has 0 unspecified atom stereocenters. The molecular weight excluding hydrogens is 428 g/mol. The maximum absolute atomic E-state index is 12.1. The van der Waals surface area contributed by atoms with Crippen molar-refractivity contribution in [3.05, 3.63) is 67.8 Å².